The molecular formula is C8H8N4. The summed E-state index contributed by atoms with van der Waals surface area (Å²) in [7, 11) is 0. The van der Waals surface area contributed by atoms with Crippen molar-refractivity contribution in [2.75, 3.05) is 11.5 Å². The molecule has 4 heteroatoms. The molecule has 0 fully saturated rings. The minimum Gasteiger partial charge on any atom is -0.396 e. The first-order valence-electron chi connectivity index (χ1n) is 3.31. The van der Waals surface area contributed by atoms with Gasteiger partial charge in [-0.2, -0.15) is 5.26 Å². The Morgan fingerprint density at radius 2 is 2.25 bits per heavy atom. The maximum absolute atomic E-state index is 8.24. The van der Waals surface area contributed by atoms with Crippen LogP contribution in [0, 0.1) is 11.3 Å². The molecule has 0 aliphatic heterocycles. The number of nitrogens with zero attached hydrogens (tertiary/aromatic N) is 2. The van der Waals surface area contributed by atoms with Crippen LogP contribution < -0.4 is 11.5 Å². The van der Waals surface area contributed by atoms with Crippen molar-refractivity contribution in [3.63, 3.8) is 0 Å². The number of anilines is 2. The number of aromatic nitrogens is 1. The molecule has 1 aromatic heterocycles. The van der Waals surface area contributed by atoms with E-state index in [0.29, 0.717) is 11.5 Å². The highest BCUT2D eigenvalue weighted by Gasteiger charge is 1.94. The summed E-state index contributed by atoms with van der Waals surface area (Å²) in [5.41, 5.74) is 12.1. The van der Waals surface area contributed by atoms with Gasteiger partial charge in [0.05, 0.1) is 11.8 Å². The zero-order valence-electron chi connectivity index (χ0n) is 6.36. The molecule has 0 aromatic carbocycles. The molecule has 1 rings (SSSR count). The van der Waals surface area contributed by atoms with E-state index >= 15 is 0 Å². The van der Waals surface area contributed by atoms with Crippen LogP contribution in [0.3, 0.4) is 0 Å². The molecule has 1 aromatic rings. The molecule has 0 unspecified atom stereocenters. The maximum atomic E-state index is 8.24. The largest absolute Gasteiger partial charge is 0.396 e. The van der Waals surface area contributed by atoms with Gasteiger partial charge in [0.25, 0.3) is 0 Å². The van der Waals surface area contributed by atoms with E-state index in [9.17, 15) is 0 Å². The number of rotatable bonds is 1. The van der Waals surface area contributed by atoms with Crippen molar-refractivity contribution in [1.82, 2.24) is 4.98 Å². The van der Waals surface area contributed by atoms with E-state index in [-0.39, 0.29) is 0 Å². The average Bonchev–Trinajstić information content (AvgIpc) is 2.07. The topological polar surface area (TPSA) is 88.7 Å². The molecule has 0 saturated carbocycles. The van der Waals surface area contributed by atoms with Crippen LogP contribution in [0.2, 0.25) is 0 Å². The predicted molar refractivity (Wildman–Crippen MR) is 47.7 cm³/mol. The average molecular weight is 160 g/mol. The molecular weight excluding hydrogens is 152 g/mol. The molecule has 0 aliphatic carbocycles. The SMILES string of the molecule is N#CC=Cc1cnc(N)c(N)c1. The normalized spacial score (nSPS) is 9.92. The molecule has 4 nitrogen and oxygen atoms in total. The van der Waals surface area contributed by atoms with E-state index in [1.165, 1.54) is 6.08 Å². The third kappa shape index (κ3) is 1.73. The smallest absolute Gasteiger partial charge is 0.146 e. The van der Waals surface area contributed by atoms with Gasteiger partial charge in [0.2, 0.25) is 0 Å². The van der Waals surface area contributed by atoms with Crippen LogP contribution in [0.1, 0.15) is 5.56 Å². The van der Waals surface area contributed by atoms with Gasteiger partial charge in [-0.25, -0.2) is 4.98 Å². The third-order valence-corrected chi connectivity index (χ3v) is 1.32. The first-order valence-corrected chi connectivity index (χ1v) is 3.31. The number of nitriles is 1. The standard InChI is InChI=1S/C8H8N4/c9-3-1-2-6-4-7(10)8(11)12-5-6/h1-2,4-5H,10H2,(H2,11,12). The lowest BCUT2D eigenvalue weighted by Gasteiger charge is -1.98. The van der Waals surface area contributed by atoms with Crippen molar-refractivity contribution in [3.8, 4) is 6.07 Å². The number of nitrogens with two attached hydrogens (primary N) is 2. The van der Waals surface area contributed by atoms with Gasteiger partial charge in [-0.3, -0.25) is 0 Å². The van der Waals surface area contributed by atoms with E-state index < -0.39 is 0 Å². The lowest BCUT2D eigenvalue weighted by molar-refractivity contribution is 1.33. The predicted octanol–water partition coefficient (Wildman–Crippen LogP) is 0.783. The van der Waals surface area contributed by atoms with E-state index in [4.69, 9.17) is 16.7 Å². The first kappa shape index (κ1) is 8.08. The van der Waals surface area contributed by atoms with Crippen LogP contribution in [0.4, 0.5) is 11.5 Å². The molecule has 60 valence electrons. The molecule has 0 aliphatic rings. The Hall–Kier alpha value is -2.02. The summed E-state index contributed by atoms with van der Waals surface area (Å²) in [6.07, 6.45) is 4.52. The minimum atomic E-state index is 0.309. The van der Waals surface area contributed by atoms with Crippen molar-refractivity contribution in [1.29, 1.82) is 5.26 Å². The van der Waals surface area contributed by atoms with Crippen LogP contribution in [0.25, 0.3) is 6.08 Å². The van der Waals surface area contributed by atoms with Crippen molar-refractivity contribution in [3.05, 3.63) is 23.9 Å². The Morgan fingerprint density at radius 1 is 1.50 bits per heavy atom. The van der Waals surface area contributed by atoms with Crippen LogP contribution in [-0.2, 0) is 0 Å². The van der Waals surface area contributed by atoms with Gasteiger partial charge in [0.1, 0.15) is 5.82 Å². The monoisotopic (exact) mass is 160 g/mol. The Balaban J connectivity index is 2.99. The van der Waals surface area contributed by atoms with Gasteiger partial charge in [-0.05, 0) is 17.7 Å². The molecule has 0 bridgehead atoms. The second-order valence-electron chi connectivity index (χ2n) is 2.21. The summed E-state index contributed by atoms with van der Waals surface area (Å²) in [6.45, 7) is 0. The number of hydrogen-bond donors (Lipinski definition) is 2. The molecule has 0 saturated heterocycles. The molecule has 4 N–H and O–H groups in total. The van der Waals surface area contributed by atoms with Crippen molar-refractivity contribution in [2.45, 2.75) is 0 Å². The van der Waals surface area contributed by atoms with E-state index in [1.807, 2.05) is 6.07 Å². The minimum absolute atomic E-state index is 0.309. The summed E-state index contributed by atoms with van der Waals surface area (Å²) in [5.74, 6) is 0.309. The Bertz CT molecular complexity index is 349. The second kappa shape index (κ2) is 3.39. The van der Waals surface area contributed by atoms with Crippen LogP contribution in [0.15, 0.2) is 18.3 Å². The van der Waals surface area contributed by atoms with Crippen molar-refractivity contribution in [2.24, 2.45) is 0 Å². The number of nitrogen functional groups attached to an aromatic ring is 2. The van der Waals surface area contributed by atoms with Gasteiger partial charge < -0.3 is 11.5 Å². The second-order valence-corrected chi connectivity index (χ2v) is 2.21. The van der Waals surface area contributed by atoms with Gasteiger partial charge in [0.15, 0.2) is 0 Å². The molecule has 0 spiro atoms. The maximum Gasteiger partial charge on any atom is 0.146 e. The Morgan fingerprint density at radius 3 is 2.83 bits per heavy atom. The summed E-state index contributed by atoms with van der Waals surface area (Å²) in [5, 5.41) is 8.24. The van der Waals surface area contributed by atoms with Gasteiger partial charge >= 0.3 is 0 Å². The fourth-order valence-corrected chi connectivity index (χ4v) is 0.734. The van der Waals surface area contributed by atoms with Crippen LogP contribution in [-0.4, -0.2) is 4.98 Å². The summed E-state index contributed by atoms with van der Waals surface area (Å²) >= 11 is 0. The molecule has 0 radical (unpaired) electrons. The highest BCUT2D eigenvalue weighted by atomic mass is 14.9. The molecule has 1 heterocycles. The van der Waals surface area contributed by atoms with Crippen molar-refractivity contribution >= 4 is 17.6 Å². The fraction of sp³-hybridized carbons (Fsp3) is 0. The molecule has 0 amide bonds. The van der Waals surface area contributed by atoms with Crippen molar-refractivity contribution < 1.29 is 0 Å². The van der Waals surface area contributed by atoms with E-state index in [1.54, 1.807) is 18.3 Å². The third-order valence-electron chi connectivity index (χ3n) is 1.32. The quantitative estimate of drug-likeness (QED) is 0.594. The highest BCUT2D eigenvalue weighted by Crippen LogP contribution is 2.13. The summed E-state index contributed by atoms with van der Waals surface area (Å²) in [6, 6.07) is 3.53. The zero-order valence-corrected chi connectivity index (χ0v) is 6.36. The van der Waals surface area contributed by atoms with Crippen LogP contribution >= 0.6 is 0 Å². The molecule has 0 atom stereocenters. The van der Waals surface area contributed by atoms with E-state index in [0.717, 1.165) is 5.56 Å². The van der Waals surface area contributed by atoms with Gasteiger partial charge in [-0.1, -0.05) is 0 Å². The lowest BCUT2D eigenvalue weighted by Crippen LogP contribution is -1.97. The summed E-state index contributed by atoms with van der Waals surface area (Å²) in [4.78, 5) is 3.82. The van der Waals surface area contributed by atoms with E-state index in [2.05, 4.69) is 4.98 Å². The lowest BCUT2D eigenvalue weighted by atomic mass is 10.2. The number of pyridine rings is 1. The summed E-state index contributed by atoms with van der Waals surface area (Å²) < 4.78 is 0. The number of hydrogen-bond acceptors (Lipinski definition) is 4. The first-order chi connectivity index (χ1) is 5.74. The fourth-order valence-electron chi connectivity index (χ4n) is 0.734. The Kier molecular flexibility index (Phi) is 2.29. The van der Waals surface area contributed by atoms with Gasteiger partial charge in [-0.15, -0.1) is 0 Å². The molecule has 12 heavy (non-hydrogen) atoms. The zero-order chi connectivity index (χ0) is 8.97. The number of allylic oxidation sites excluding steroid dienone is 1. The van der Waals surface area contributed by atoms with Crippen LogP contribution in [0.5, 0.6) is 0 Å². The highest BCUT2D eigenvalue weighted by molar-refractivity contribution is 5.64. The van der Waals surface area contributed by atoms with Gasteiger partial charge in [0, 0.05) is 12.3 Å². The Labute approximate surface area is 70.1 Å².